The number of fused-ring (bicyclic) bond motifs is 1. The van der Waals surface area contributed by atoms with Crippen LogP contribution in [0.25, 0.3) is 0 Å². The first-order chi connectivity index (χ1) is 10.3. The second-order valence-corrected chi connectivity index (χ2v) is 5.97. The number of ether oxygens (including phenoxy) is 1. The molecule has 0 aromatic heterocycles. The van der Waals surface area contributed by atoms with Crippen molar-refractivity contribution in [3.63, 3.8) is 0 Å². The summed E-state index contributed by atoms with van der Waals surface area (Å²) in [4.78, 5) is 14.0. The number of carbonyl (C=O) groups is 1. The number of carbonyl (C=O) groups excluding carboxylic acids is 1. The van der Waals surface area contributed by atoms with Gasteiger partial charge in [0, 0.05) is 12.6 Å². The minimum absolute atomic E-state index is 0.0150. The smallest absolute Gasteiger partial charge is 0.260 e. The zero-order valence-corrected chi connectivity index (χ0v) is 12.4. The number of amides is 1. The summed E-state index contributed by atoms with van der Waals surface area (Å²) < 4.78 is 5.67. The molecular formula is C17H23NO3. The Labute approximate surface area is 125 Å². The minimum Gasteiger partial charge on any atom is -0.484 e. The molecule has 1 aromatic carbocycles. The molecule has 0 spiro atoms. The molecule has 1 aromatic rings. The third-order valence-corrected chi connectivity index (χ3v) is 4.61. The Bertz CT molecular complexity index is 511. The minimum atomic E-state index is -0.0192. The first-order valence-corrected chi connectivity index (χ1v) is 7.93. The van der Waals surface area contributed by atoms with Crippen LogP contribution in [0.4, 0.5) is 0 Å². The van der Waals surface area contributed by atoms with Gasteiger partial charge in [-0.3, -0.25) is 4.79 Å². The summed E-state index contributed by atoms with van der Waals surface area (Å²) in [6, 6.07) is 6.43. The maximum atomic E-state index is 12.3. The largest absolute Gasteiger partial charge is 0.484 e. The van der Waals surface area contributed by atoms with Crippen LogP contribution in [0.3, 0.4) is 0 Å². The molecule has 2 aliphatic rings. The van der Waals surface area contributed by atoms with Crippen LogP contribution in [-0.4, -0.2) is 41.7 Å². The van der Waals surface area contributed by atoms with Crippen molar-refractivity contribution in [2.24, 2.45) is 0 Å². The zero-order valence-electron chi connectivity index (χ0n) is 12.4. The van der Waals surface area contributed by atoms with E-state index in [0.29, 0.717) is 12.6 Å². The number of benzene rings is 1. The van der Waals surface area contributed by atoms with E-state index in [1.165, 1.54) is 24.0 Å². The van der Waals surface area contributed by atoms with Crippen LogP contribution >= 0.6 is 0 Å². The Kier molecular flexibility index (Phi) is 4.44. The van der Waals surface area contributed by atoms with Gasteiger partial charge >= 0.3 is 0 Å². The third kappa shape index (κ3) is 3.21. The van der Waals surface area contributed by atoms with E-state index in [4.69, 9.17) is 9.84 Å². The van der Waals surface area contributed by atoms with Crippen molar-refractivity contribution in [3.05, 3.63) is 29.3 Å². The summed E-state index contributed by atoms with van der Waals surface area (Å²) in [6.07, 6.45) is 6.74. The predicted molar refractivity (Wildman–Crippen MR) is 80.4 cm³/mol. The zero-order chi connectivity index (χ0) is 14.7. The summed E-state index contributed by atoms with van der Waals surface area (Å²) >= 11 is 0. The standard InChI is InChI=1S/C17H23NO3/c19-10-9-18(15-5-2-6-15)17(20)12-21-16-8-7-13-3-1-4-14(13)11-16/h7-8,11,15,19H,1-6,9-10,12H2. The number of aliphatic hydroxyl groups is 1. The summed E-state index contributed by atoms with van der Waals surface area (Å²) in [5.41, 5.74) is 2.76. The summed E-state index contributed by atoms with van der Waals surface area (Å²) in [5, 5.41) is 9.11. The van der Waals surface area contributed by atoms with Crippen LogP contribution in [0.5, 0.6) is 5.75 Å². The lowest BCUT2D eigenvalue weighted by molar-refractivity contribution is -0.138. The summed E-state index contributed by atoms with van der Waals surface area (Å²) in [5.74, 6) is 0.760. The van der Waals surface area contributed by atoms with Gasteiger partial charge in [-0.25, -0.2) is 0 Å². The van der Waals surface area contributed by atoms with Gasteiger partial charge in [-0.1, -0.05) is 6.07 Å². The molecule has 0 atom stereocenters. The van der Waals surface area contributed by atoms with E-state index in [0.717, 1.165) is 31.4 Å². The van der Waals surface area contributed by atoms with Gasteiger partial charge in [0.1, 0.15) is 5.75 Å². The maximum absolute atomic E-state index is 12.3. The van der Waals surface area contributed by atoms with E-state index in [-0.39, 0.29) is 19.1 Å². The Morgan fingerprint density at radius 2 is 2.05 bits per heavy atom. The predicted octanol–water partition coefficient (Wildman–Crippen LogP) is 1.93. The van der Waals surface area contributed by atoms with Crippen molar-refractivity contribution < 1.29 is 14.6 Å². The van der Waals surface area contributed by atoms with Gasteiger partial charge in [0.15, 0.2) is 6.61 Å². The first-order valence-electron chi connectivity index (χ1n) is 7.93. The molecule has 1 fully saturated rings. The summed E-state index contributed by atoms with van der Waals surface area (Å²) in [6.45, 7) is 0.493. The number of hydrogen-bond acceptors (Lipinski definition) is 3. The molecule has 0 unspecified atom stereocenters. The van der Waals surface area contributed by atoms with E-state index in [2.05, 4.69) is 12.1 Å². The Balaban J connectivity index is 1.57. The van der Waals surface area contributed by atoms with Crippen molar-refractivity contribution in [3.8, 4) is 5.75 Å². The van der Waals surface area contributed by atoms with Crippen LogP contribution in [0.1, 0.15) is 36.8 Å². The fraction of sp³-hybridized carbons (Fsp3) is 0.588. The lowest BCUT2D eigenvalue weighted by Crippen LogP contribution is -2.47. The second kappa shape index (κ2) is 6.48. The van der Waals surface area contributed by atoms with Gasteiger partial charge < -0.3 is 14.7 Å². The van der Waals surface area contributed by atoms with Crippen molar-refractivity contribution in [1.29, 1.82) is 0 Å². The van der Waals surface area contributed by atoms with Gasteiger partial charge in [0.25, 0.3) is 5.91 Å². The lowest BCUT2D eigenvalue weighted by Gasteiger charge is -2.37. The molecule has 1 N–H and O–H groups in total. The fourth-order valence-electron chi connectivity index (χ4n) is 3.18. The number of rotatable bonds is 6. The lowest BCUT2D eigenvalue weighted by atomic mass is 9.91. The Morgan fingerprint density at radius 3 is 2.76 bits per heavy atom. The topological polar surface area (TPSA) is 49.8 Å². The molecule has 3 rings (SSSR count). The van der Waals surface area contributed by atoms with Crippen LogP contribution in [-0.2, 0) is 17.6 Å². The van der Waals surface area contributed by atoms with E-state index in [1.807, 2.05) is 6.07 Å². The van der Waals surface area contributed by atoms with Crippen LogP contribution in [0, 0.1) is 0 Å². The molecule has 4 nitrogen and oxygen atoms in total. The van der Waals surface area contributed by atoms with Crippen molar-refractivity contribution in [1.82, 2.24) is 4.90 Å². The molecule has 0 saturated heterocycles. The molecule has 1 amide bonds. The molecular weight excluding hydrogens is 266 g/mol. The Hall–Kier alpha value is -1.55. The average Bonchev–Trinajstić information content (AvgIpc) is 2.89. The molecule has 4 heteroatoms. The molecule has 0 radical (unpaired) electrons. The average molecular weight is 289 g/mol. The van der Waals surface area contributed by atoms with E-state index < -0.39 is 0 Å². The molecule has 1 saturated carbocycles. The van der Waals surface area contributed by atoms with Crippen LogP contribution in [0.15, 0.2) is 18.2 Å². The van der Waals surface area contributed by atoms with Crippen molar-refractivity contribution >= 4 is 5.91 Å². The molecule has 0 heterocycles. The molecule has 2 aliphatic carbocycles. The van der Waals surface area contributed by atoms with Gasteiger partial charge in [0.05, 0.1) is 6.61 Å². The van der Waals surface area contributed by atoms with Gasteiger partial charge in [-0.05, 0) is 61.8 Å². The third-order valence-electron chi connectivity index (χ3n) is 4.61. The monoisotopic (exact) mass is 289 g/mol. The highest BCUT2D eigenvalue weighted by molar-refractivity contribution is 5.78. The van der Waals surface area contributed by atoms with Crippen LogP contribution in [0.2, 0.25) is 0 Å². The normalized spacial score (nSPS) is 17.2. The van der Waals surface area contributed by atoms with E-state index >= 15 is 0 Å². The highest BCUT2D eigenvalue weighted by Gasteiger charge is 2.28. The van der Waals surface area contributed by atoms with Gasteiger partial charge in [-0.15, -0.1) is 0 Å². The highest BCUT2D eigenvalue weighted by Crippen LogP contribution is 2.27. The number of aryl methyl sites for hydroxylation is 2. The number of hydrogen-bond donors (Lipinski definition) is 1. The molecule has 114 valence electrons. The van der Waals surface area contributed by atoms with Gasteiger partial charge in [-0.2, -0.15) is 0 Å². The Morgan fingerprint density at radius 1 is 1.24 bits per heavy atom. The van der Waals surface area contributed by atoms with E-state index in [1.54, 1.807) is 4.90 Å². The fourth-order valence-corrected chi connectivity index (χ4v) is 3.18. The van der Waals surface area contributed by atoms with E-state index in [9.17, 15) is 4.79 Å². The molecule has 0 bridgehead atoms. The number of aliphatic hydroxyl groups excluding tert-OH is 1. The first kappa shape index (κ1) is 14.4. The SMILES string of the molecule is O=C(COc1ccc2c(c1)CCC2)N(CCO)C1CCC1. The summed E-state index contributed by atoms with van der Waals surface area (Å²) in [7, 11) is 0. The van der Waals surface area contributed by atoms with Crippen LogP contribution < -0.4 is 4.74 Å². The number of nitrogens with zero attached hydrogens (tertiary/aromatic N) is 1. The second-order valence-electron chi connectivity index (χ2n) is 5.97. The highest BCUT2D eigenvalue weighted by atomic mass is 16.5. The van der Waals surface area contributed by atoms with Gasteiger partial charge in [0.2, 0.25) is 0 Å². The van der Waals surface area contributed by atoms with Crippen molar-refractivity contribution in [2.75, 3.05) is 19.8 Å². The molecule has 21 heavy (non-hydrogen) atoms. The quantitative estimate of drug-likeness (QED) is 0.870. The van der Waals surface area contributed by atoms with Crippen molar-refractivity contribution in [2.45, 2.75) is 44.6 Å². The molecule has 0 aliphatic heterocycles. The maximum Gasteiger partial charge on any atom is 0.260 e.